The molecule has 0 bridgehead atoms. The molecule has 1 rings (SSSR count). The van der Waals surface area contributed by atoms with Gasteiger partial charge in [-0.2, -0.15) is 4.89 Å². The Balaban J connectivity index is 2.26. The van der Waals surface area contributed by atoms with E-state index >= 15 is 0 Å². The van der Waals surface area contributed by atoms with Crippen LogP contribution in [-0.2, 0) is 19.4 Å². The highest BCUT2D eigenvalue weighted by Gasteiger charge is 2.26. The predicted octanol–water partition coefficient (Wildman–Crippen LogP) is 1.24. The van der Waals surface area contributed by atoms with E-state index in [0.717, 1.165) is 0 Å². The normalized spacial score (nSPS) is 18.8. The Morgan fingerprint density at radius 2 is 1.85 bits per heavy atom. The summed E-state index contributed by atoms with van der Waals surface area (Å²) in [7, 11) is 0. The van der Waals surface area contributed by atoms with Gasteiger partial charge in [0.2, 0.25) is 5.91 Å². The van der Waals surface area contributed by atoms with Crippen LogP contribution in [0.2, 0.25) is 0 Å². The van der Waals surface area contributed by atoms with E-state index in [1.165, 1.54) is 0 Å². The van der Waals surface area contributed by atoms with Crippen molar-refractivity contribution < 1.29 is 19.4 Å². The average molecular weight is 286 g/mol. The van der Waals surface area contributed by atoms with Crippen LogP contribution in [0.15, 0.2) is 0 Å². The minimum atomic E-state index is -0.475. The lowest BCUT2D eigenvalue weighted by Crippen LogP contribution is -2.47. The van der Waals surface area contributed by atoms with E-state index in [4.69, 9.17) is 15.5 Å². The number of likely N-dealkylation sites (tertiary alicyclic amines) is 1. The highest BCUT2D eigenvalue weighted by molar-refractivity contribution is 5.81. The lowest BCUT2D eigenvalue weighted by molar-refractivity contribution is -0.304. The summed E-state index contributed by atoms with van der Waals surface area (Å²) in [5.41, 5.74) is 5.45. The van der Waals surface area contributed by atoms with Crippen LogP contribution in [0.1, 0.15) is 47.0 Å². The summed E-state index contributed by atoms with van der Waals surface area (Å²) in [6, 6.07) is -0.475. The van der Waals surface area contributed by atoms with Crippen LogP contribution in [0.4, 0.5) is 0 Å². The van der Waals surface area contributed by atoms with Gasteiger partial charge in [0.25, 0.3) is 0 Å². The minimum Gasteiger partial charge on any atom is -0.341 e. The van der Waals surface area contributed by atoms with Crippen LogP contribution >= 0.6 is 0 Å². The first-order valence-electron chi connectivity index (χ1n) is 7.09. The SMILES string of the molecule is C[C@@H](N)C(=O)N1CCC(OOC(=O)CC(C)(C)C)CC1. The molecule has 1 heterocycles. The third kappa shape index (κ3) is 5.88. The van der Waals surface area contributed by atoms with Gasteiger partial charge in [0.05, 0.1) is 12.5 Å². The number of amides is 1. The molecule has 0 aromatic rings. The summed E-state index contributed by atoms with van der Waals surface area (Å²) in [6.45, 7) is 8.74. The number of carbonyl (C=O) groups is 2. The fraction of sp³-hybridized carbons (Fsp3) is 0.857. The average Bonchev–Trinajstić information content (AvgIpc) is 2.34. The van der Waals surface area contributed by atoms with E-state index in [9.17, 15) is 9.59 Å². The Bertz CT molecular complexity index is 342. The number of rotatable bonds is 4. The fourth-order valence-electron chi connectivity index (χ4n) is 2.04. The maximum absolute atomic E-state index is 11.7. The summed E-state index contributed by atoms with van der Waals surface area (Å²) in [5, 5.41) is 0. The van der Waals surface area contributed by atoms with Crippen LogP contribution in [0.25, 0.3) is 0 Å². The molecule has 6 nitrogen and oxygen atoms in total. The number of piperidine rings is 1. The molecule has 0 aromatic heterocycles. The van der Waals surface area contributed by atoms with E-state index in [0.29, 0.717) is 32.4 Å². The van der Waals surface area contributed by atoms with Crippen LogP contribution in [0.5, 0.6) is 0 Å². The van der Waals surface area contributed by atoms with Gasteiger partial charge in [-0.1, -0.05) is 20.8 Å². The molecule has 0 spiro atoms. The fourth-order valence-corrected chi connectivity index (χ4v) is 2.04. The molecule has 116 valence electrons. The Labute approximate surface area is 120 Å². The van der Waals surface area contributed by atoms with Crippen LogP contribution in [-0.4, -0.2) is 42.0 Å². The number of carbonyl (C=O) groups excluding carboxylic acids is 2. The largest absolute Gasteiger partial charge is 0.342 e. The van der Waals surface area contributed by atoms with E-state index in [-0.39, 0.29) is 23.4 Å². The van der Waals surface area contributed by atoms with Crippen LogP contribution < -0.4 is 5.73 Å². The zero-order chi connectivity index (χ0) is 15.3. The summed E-state index contributed by atoms with van der Waals surface area (Å²) in [6.07, 6.45) is 1.48. The molecule has 2 N–H and O–H groups in total. The Hall–Kier alpha value is -1.14. The van der Waals surface area contributed by atoms with E-state index in [2.05, 4.69) is 0 Å². The van der Waals surface area contributed by atoms with Crippen LogP contribution in [0.3, 0.4) is 0 Å². The third-order valence-electron chi connectivity index (χ3n) is 3.09. The summed E-state index contributed by atoms with van der Waals surface area (Å²) >= 11 is 0. The van der Waals surface area contributed by atoms with Crippen molar-refractivity contribution in [2.45, 2.75) is 59.1 Å². The van der Waals surface area contributed by atoms with Crippen molar-refractivity contribution in [1.29, 1.82) is 0 Å². The minimum absolute atomic E-state index is 0.0480. The zero-order valence-corrected chi connectivity index (χ0v) is 12.8. The van der Waals surface area contributed by atoms with Crippen molar-refractivity contribution in [1.82, 2.24) is 4.90 Å². The van der Waals surface area contributed by atoms with Gasteiger partial charge >= 0.3 is 5.97 Å². The molecule has 1 saturated heterocycles. The second-order valence-electron chi connectivity index (χ2n) is 6.60. The topological polar surface area (TPSA) is 81.9 Å². The molecule has 6 heteroatoms. The van der Waals surface area contributed by atoms with Gasteiger partial charge in [-0.15, -0.1) is 0 Å². The molecule has 1 aliphatic heterocycles. The predicted molar refractivity (Wildman–Crippen MR) is 74.5 cm³/mol. The Morgan fingerprint density at radius 1 is 1.30 bits per heavy atom. The number of nitrogens with zero attached hydrogens (tertiary/aromatic N) is 1. The van der Waals surface area contributed by atoms with Gasteiger partial charge in [-0.05, 0) is 25.2 Å². The monoisotopic (exact) mass is 286 g/mol. The van der Waals surface area contributed by atoms with Crippen LogP contribution in [0, 0.1) is 5.41 Å². The first-order valence-corrected chi connectivity index (χ1v) is 7.09. The third-order valence-corrected chi connectivity index (χ3v) is 3.09. The highest BCUT2D eigenvalue weighted by atomic mass is 17.2. The van der Waals surface area contributed by atoms with Crippen molar-refractivity contribution in [2.75, 3.05) is 13.1 Å². The Kier molecular flexibility index (Phi) is 5.95. The van der Waals surface area contributed by atoms with Crippen molar-refractivity contribution in [3.05, 3.63) is 0 Å². The second kappa shape index (κ2) is 7.04. The molecule has 20 heavy (non-hydrogen) atoms. The molecular weight excluding hydrogens is 260 g/mol. The van der Waals surface area contributed by atoms with Crippen molar-refractivity contribution in [3.8, 4) is 0 Å². The first-order chi connectivity index (χ1) is 9.19. The number of hydrogen-bond acceptors (Lipinski definition) is 5. The standard InChI is InChI=1S/C14H26N2O4/c1-10(15)13(18)16-7-5-11(6-8-16)19-20-12(17)9-14(2,3)4/h10-11H,5-9,15H2,1-4H3/t10-/m1/s1. The smallest absolute Gasteiger partial charge is 0.341 e. The van der Waals surface area contributed by atoms with E-state index < -0.39 is 6.04 Å². The molecule has 0 aliphatic carbocycles. The highest BCUT2D eigenvalue weighted by Crippen LogP contribution is 2.20. The van der Waals surface area contributed by atoms with Crippen molar-refractivity contribution >= 4 is 11.9 Å². The quantitative estimate of drug-likeness (QED) is 0.621. The molecule has 1 aliphatic rings. The maximum atomic E-state index is 11.7. The van der Waals surface area contributed by atoms with Gasteiger partial charge < -0.3 is 10.6 Å². The lowest BCUT2D eigenvalue weighted by Gasteiger charge is -2.31. The van der Waals surface area contributed by atoms with E-state index in [1.54, 1.807) is 11.8 Å². The molecule has 0 radical (unpaired) electrons. The van der Waals surface area contributed by atoms with Gasteiger partial charge in [-0.25, -0.2) is 4.79 Å². The second-order valence-corrected chi connectivity index (χ2v) is 6.60. The lowest BCUT2D eigenvalue weighted by atomic mass is 9.93. The summed E-state index contributed by atoms with van der Waals surface area (Å²) in [5.74, 6) is -0.403. The Morgan fingerprint density at radius 3 is 2.30 bits per heavy atom. The maximum Gasteiger partial charge on any atom is 0.342 e. The summed E-state index contributed by atoms with van der Waals surface area (Å²) in [4.78, 5) is 35.0. The number of hydrogen-bond donors (Lipinski definition) is 1. The zero-order valence-electron chi connectivity index (χ0n) is 12.8. The van der Waals surface area contributed by atoms with Gasteiger partial charge in [0, 0.05) is 13.1 Å². The molecule has 1 atom stereocenters. The van der Waals surface area contributed by atoms with Crippen molar-refractivity contribution in [3.63, 3.8) is 0 Å². The molecule has 1 fully saturated rings. The van der Waals surface area contributed by atoms with Gasteiger partial charge in [-0.3, -0.25) is 9.68 Å². The van der Waals surface area contributed by atoms with Gasteiger partial charge in [0.1, 0.15) is 6.10 Å². The number of nitrogens with two attached hydrogens (primary N) is 1. The van der Waals surface area contributed by atoms with E-state index in [1.807, 2.05) is 20.8 Å². The molecular formula is C14H26N2O4. The first kappa shape index (κ1) is 16.9. The van der Waals surface area contributed by atoms with Crippen molar-refractivity contribution in [2.24, 2.45) is 11.1 Å². The molecule has 0 aromatic carbocycles. The summed E-state index contributed by atoms with van der Waals surface area (Å²) < 4.78 is 0. The molecule has 0 unspecified atom stereocenters. The molecule has 0 saturated carbocycles. The molecule has 1 amide bonds. The van der Waals surface area contributed by atoms with Gasteiger partial charge in [0.15, 0.2) is 0 Å².